The molecule has 3 amide bonds. The van der Waals surface area contributed by atoms with E-state index in [0.717, 1.165) is 4.90 Å². The van der Waals surface area contributed by atoms with Gasteiger partial charge in [0.15, 0.2) is 0 Å². The van der Waals surface area contributed by atoms with E-state index >= 15 is 0 Å². The predicted molar refractivity (Wildman–Crippen MR) is 76.6 cm³/mol. The van der Waals surface area contributed by atoms with E-state index in [4.69, 9.17) is 5.84 Å². The maximum Gasteiger partial charge on any atom is 0.275 e. The van der Waals surface area contributed by atoms with Crippen molar-refractivity contribution < 1.29 is 14.4 Å². The first kappa shape index (κ1) is 13.5. The predicted octanol–water partition coefficient (Wildman–Crippen LogP) is 1.15. The molecule has 3 N–H and O–H groups in total. The zero-order valence-corrected chi connectivity index (χ0v) is 11.6. The van der Waals surface area contributed by atoms with Crippen LogP contribution in [0.2, 0.25) is 0 Å². The summed E-state index contributed by atoms with van der Waals surface area (Å²) < 4.78 is 0. The Labute approximate surface area is 124 Å². The molecule has 0 radical (unpaired) electrons. The molecule has 0 spiro atoms. The molecule has 0 fully saturated rings. The Hall–Kier alpha value is -2.51. The van der Waals surface area contributed by atoms with E-state index in [0.29, 0.717) is 21.6 Å². The fourth-order valence-electron chi connectivity index (χ4n) is 2.28. The van der Waals surface area contributed by atoms with Crippen LogP contribution in [0.25, 0.3) is 0 Å². The maximum atomic E-state index is 12.3. The third-order valence-corrected chi connectivity index (χ3v) is 4.25. The number of benzene rings is 1. The summed E-state index contributed by atoms with van der Waals surface area (Å²) in [6, 6.07) is 8.38. The molecule has 2 aromatic rings. The molecule has 3 rings (SSSR count). The summed E-state index contributed by atoms with van der Waals surface area (Å²) >= 11 is 1.21. The molecule has 2 heterocycles. The van der Waals surface area contributed by atoms with Gasteiger partial charge in [0.2, 0.25) is 0 Å². The van der Waals surface area contributed by atoms with Gasteiger partial charge in [-0.3, -0.25) is 24.7 Å². The number of nitrogens with one attached hydrogen (secondary N) is 1. The fourth-order valence-corrected chi connectivity index (χ4v) is 3.10. The summed E-state index contributed by atoms with van der Waals surface area (Å²) in [6.07, 6.45) is 0. The van der Waals surface area contributed by atoms with Gasteiger partial charge < -0.3 is 0 Å². The van der Waals surface area contributed by atoms with E-state index in [1.807, 2.05) is 0 Å². The van der Waals surface area contributed by atoms with Gasteiger partial charge in [-0.15, -0.1) is 11.3 Å². The van der Waals surface area contributed by atoms with E-state index in [1.54, 1.807) is 35.7 Å². The Kier molecular flexibility index (Phi) is 3.28. The Morgan fingerprint density at radius 1 is 1.14 bits per heavy atom. The zero-order chi connectivity index (χ0) is 15.0. The van der Waals surface area contributed by atoms with E-state index in [9.17, 15) is 14.4 Å². The lowest BCUT2D eigenvalue weighted by Crippen LogP contribution is -2.32. The first-order valence-electron chi connectivity index (χ1n) is 6.16. The minimum Gasteiger partial charge on any atom is -0.289 e. The number of amides is 3. The molecule has 21 heavy (non-hydrogen) atoms. The minimum atomic E-state index is -0.434. The van der Waals surface area contributed by atoms with Gasteiger partial charge in [-0.05, 0) is 29.1 Å². The van der Waals surface area contributed by atoms with Gasteiger partial charge in [0.25, 0.3) is 17.7 Å². The molecule has 1 aliphatic rings. The van der Waals surface area contributed by atoms with Gasteiger partial charge >= 0.3 is 0 Å². The lowest BCUT2D eigenvalue weighted by Gasteiger charge is -2.13. The van der Waals surface area contributed by atoms with Crippen LogP contribution in [0.3, 0.4) is 0 Å². The third kappa shape index (κ3) is 2.12. The summed E-state index contributed by atoms with van der Waals surface area (Å²) in [7, 11) is 0. The topological polar surface area (TPSA) is 92.5 Å². The minimum absolute atomic E-state index is 0.0542. The molecule has 0 atom stereocenters. The molecule has 0 saturated carbocycles. The van der Waals surface area contributed by atoms with Crippen LogP contribution in [0.5, 0.6) is 0 Å². The number of hydrazine groups is 1. The number of hydrogen-bond donors (Lipinski definition) is 2. The van der Waals surface area contributed by atoms with Crippen LogP contribution in [0.1, 0.15) is 36.0 Å². The average molecular weight is 301 g/mol. The van der Waals surface area contributed by atoms with Gasteiger partial charge in [-0.25, -0.2) is 5.84 Å². The zero-order valence-electron chi connectivity index (χ0n) is 10.8. The maximum absolute atomic E-state index is 12.3. The molecular formula is C14H11N3O3S. The van der Waals surface area contributed by atoms with E-state index in [1.165, 1.54) is 11.3 Å². The highest BCUT2D eigenvalue weighted by Gasteiger charge is 2.35. The SMILES string of the molecule is NNC(=O)c1sccc1CN1C(=O)c2ccccc2C1=O. The number of fused-ring (bicyclic) bond motifs is 1. The second-order valence-electron chi connectivity index (χ2n) is 4.49. The molecule has 0 aliphatic carbocycles. The standard InChI is InChI=1S/C14H11N3O3S/c15-16-12(18)11-8(5-6-21-11)7-17-13(19)9-3-1-2-4-10(9)14(17)20/h1-6H,7,15H2,(H,16,18). The Balaban J connectivity index is 1.91. The molecule has 6 nitrogen and oxygen atoms in total. The molecule has 7 heteroatoms. The van der Waals surface area contributed by atoms with Crippen molar-refractivity contribution in [2.45, 2.75) is 6.54 Å². The summed E-state index contributed by atoms with van der Waals surface area (Å²) in [5, 5.41) is 1.72. The van der Waals surface area contributed by atoms with Crippen molar-refractivity contribution >= 4 is 29.1 Å². The van der Waals surface area contributed by atoms with Gasteiger partial charge in [0.1, 0.15) is 0 Å². The van der Waals surface area contributed by atoms with Crippen LogP contribution < -0.4 is 11.3 Å². The Bertz CT molecular complexity index is 718. The molecule has 1 aromatic carbocycles. The largest absolute Gasteiger partial charge is 0.289 e. The number of rotatable bonds is 3. The average Bonchev–Trinajstić information content (AvgIpc) is 3.06. The van der Waals surface area contributed by atoms with Gasteiger partial charge in [-0.1, -0.05) is 12.1 Å². The number of carbonyl (C=O) groups is 3. The smallest absolute Gasteiger partial charge is 0.275 e. The van der Waals surface area contributed by atoms with Crippen molar-refractivity contribution in [2.24, 2.45) is 5.84 Å². The van der Waals surface area contributed by atoms with Crippen LogP contribution >= 0.6 is 11.3 Å². The molecule has 0 bridgehead atoms. The molecule has 106 valence electrons. The van der Waals surface area contributed by atoms with Crippen LogP contribution in [0.4, 0.5) is 0 Å². The summed E-state index contributed by atoms with van der Waals surface area (Å²) in [6.45, 7) is 0.0542. The first-order chi connectivity index (χ1) is 10.1. The highest BCUT2D eigenvalue weighted by Crippen LogP contribution is 2.26. The van der Waals surface area contributed by atoms with Crippen molar-refractivity contribution in [1.29, 1.82) is 0 Å². The van der Waals surface area contributed by atoms with Gasteiger partial charge in [0, 0.05) is 0 Å². The lowest BCUT2D eigenvalue weighted by atomic mass is 10.1. The molecular weight excluding hydrogens is 290 g/mol. The molecule has 1 aliphatic heterocycles. The van der Waals surface area contributed by atoms with Crippen molar-refractivity contribution in [1.82, 2.24) is 10.3 Å². The third-order valence-electron chi connectivity index (χ3n) is 3.29. The van der Waals surface area contributed by atoms with Crippen molar-refractivity contribution in [3.63, 3.8) is 0 Å². The Morgan fingerprint density at radius 2 is 1.76 bits per heavy atom. The highest BCUT2D eigenvalue weighted by atomic mass is 32.1. The second-order valence-corrected chi connectivity index (χ2v) is 5.41. The number of hydrogen-bond acceptors (Lipinski definition) is 5. The molecule has 0 unspecified atom stereocenters. The van der Waals surface area contributed by atoms with Crippen LogP contribution in [-0.2, 0) is 6.54 Å². The summed E-state index contributed by atoms with van der Waals surface area (Å²) in [5.41, 5.74) is 3.43. The lowest BCUT2D eigenvalue weighted by molar-refractivity contribution is 0.0640. The van der Waals surface area contributed by atoms with E-state index < -0.39 is 5.91 Å². The van der Waals surface area contributed by atoms with E-state index in [2.05, 4.69) is 5.43 Å². The molecule has 0 saturated heterocycles. The number of nitrogens with two attached hydrogens (primary N) is 1. The fraction of sp³-hybridized carbons (Fsp3) is 0.0714. The van der Waals surface area contributed by atoms with Crippen molar-refractivity contribution in [2.75, 3.05) is 0 Å². The monoisotopic (exact) mass is 301 g/mol. The van der Waals surface area contributed by atoms with Crippen molar-refractivity contribution in [3.05, 3.63) is 57.3 Å². The summed E-state index contributed by atoms with van der Waals surface area (Å²) in [4.78, 5) is 37.7. The summed E-state index contributed by atoms with van der Waals surface area (Å²) in [5.74, 6) is 4.00. The number of nitrogens with zero attached hydrogens (tertiary/aromatic N) is 1. The van der Waals surface area contributed by atoms with Crippen LogP contribution in [0, 0.1) is 0 Å². The van der Waals surface area contributed by atoms with E-state index in [-0.39, 0.29) is 18.4 Å². The number of nitrogen functional groups attached to an aromatic ring is 1. The number of imide groups is 1. The number of thiophene rings is 1. The Morgan fingerprint density at radius 3 is 2.33 bits per heavy atom. The quantitative estimate of drug-likeness (QED) is 0.385. The van der Waals surface area contributed by atoms with Gasteiger partial charge in [0.05, 0.1) is 22.5 Å². The second kappa shape index (κ2) is 5.12. The first-order valence-corrected chi connectivity index (χ1v) is 7.04. The normalized spacial score (nSPS) is 13.5. The molecule has 1 aromatic heterocycles. The highest BCUT2D eigenvalue weighted by molar-refractivity contribution is 7.12. The van der Waals surface area contributed by atoms with Crippen LogP contribution in [0.15, 0.2) is 35.7 Å². The van der Waals surface area contributed by atoms with Gasteiger partial charge in [-0.2, -0.15) is 0 Å². The van der Waals surface area contributed by atoms with Crippen LogP contribution in [-0.4, -0.2) is 22.6 Å². The number of carbonyl (C=O) groups excluding carboxylic acids is 3. The van der Waals surface area contributed by atoms with Crippen molar-refractivity contribution in [3.8, 4) is 0 Å².